The van der Waals surface area contributed by atoms with Gasteiger partial charge < -0.3 is 10.1 Å². The number of anilines is 1. The number of rotatable bonds is 7. The second kappa shape index (κ2) is 9.46. The van der Waals surface area contributed by atoms with Crippen molar-refractivity contribution < 1.29 is 19.1 Å². The maximum atomic E-state index is 12.8. The van der Waals surface area contributed by atoms with Gasteiger partial charge in [0.2, 0.25) is 5.78 Å². The number of carbonyl (C=O) groups is 3. The highest BCUT2D eigenvalue weighted by Crippen LogP contribution is 2.20. The van der Waals surface area contributed by atoms with Crippen molar-refractivity contribution >= 4 is 23.3 Å². The summed E-state index contributed by atoms with van der Waals surface area (Å²) in [5, 5.41) is 2.74. The van der Waals surface area contributed by atoms with E-state index in [2.05, 4.69) is 5.32 Å². The minimum absolute atomic E-state index is 0.191. The molecule has 5 nitrogen and oxygen atoms in total. The summed E-state index contributed by atoms with van der Waals surface area (Å²) in [4.78, 5) is 37.8. The third-order valence-electron chi connectivity index (χ3n) is 4.40. The molecule has 0 saturated carbocycles. The van der Waals surface area contributed by atoms with Crippen LogP contribution in [0.2, 0.25) is 0 Å². The number of hydrogen-bond acceptors (Lipinski definition) is 4. The van der Waals surface area contributed by atoms with E-state index in [-0.39, 0.29) is 17.3 Å². The van der Waals surface area contributed by atoms with Crippen LogP contribution in [0.25, 0.3) is 0 Å². The van der Waals surface area contributed by atoms with Crippen LogP contribution in [0.15, 0.2) is 84.9 Å². The predicted octanol–water partition coefficient (Wildman–Crippen LogP) is 4.76. The van der Waals surface area contributed by atoms with Crippen LogP contribution in [-0.4, -0.2) is 23.8 Å². The number of ketones is 1. The maximum Gasteiger partial charge on any atom is 0.340 e. The summed E-state index contributed by atoms with van der Waals surface area (Å²) in [5.74, 6) is -1.25. The van der Waals surface area contributed by atoms with Gasteiger partial charge in [-0.15, -0.1) is 0 Å². The Morgan fingerprint density at radius 1 is 0.793 bits per heavy atom. The number of amides is 1. The first-order chi connectivity index (χ1) is 14.1. The number of benzene rings is 3. The Morgan fingerprint density at radius 3 is 1.97 bits per heavy atom. The minimum Gasteiger partial charge on any atom is -0.450 e. The van der Waals surface area contributed by atoms with E-state index in [1.54, 1.807) is 79.7 Å². The van der Waals surface area contributed by atoms with Crippen LogP contribution in [0, 0.1) is 0 Å². The summed E-state index contributed by atoms with van der Waals surface area (Å²) in [6.45, 7) is 1.78. The van der Waals surface area contributed by atoms with E-state index >= 15 is 0 Å². The molecule has 5 heteroatoms. The first kappa shape index (κ1) is 20.0. The topological polar surface area (TPSA) is 72.5 Å². The van der Waals surface area contributed by atoms with E-state index < -0.39 is 12.1 Å². The van der Waals surface area contributed by atoms with Crippen molar-refractivity contribution in [2.24, 2.45) is 0 Å². The third-order valence-corrected chi connectivity index (χ3v) is 4.40. The molecule has 1 unspecified atom stereocenters. The molecule has 1 atom stereocenters. The summed E-state index contributed by atoms with van der Waals surface area (Å²) in [7, 11) is 0. The second-order valence-corrected chi connectivity index (χ2v) is 6.40. The zero-order chi connectivity index (χ0) is 20.6. The Balaban J connectivity index is 1.77. The molecule has 0 aliphatic carbocycles. The molecule has 0 heterocycles. The third kappa shape index (κ3) is 4.96. The van der Waals surface area contributed by atoms with Crippen molar-refractivity contribution in [1.29, 1.82) is 0 Å². The monoisotopic (exact) mass is 387 g/mol. The molecule has 29 heavy (non-hydrogen) atoms. The largest absolute Gasteiger partial charge is 0.450 e. The summed E-state index contributed by atoms with van der Waals surface area (Å²) in [5.41, 5.74) is 1.48. The van der Waals surface area contributed by atoms with Crippen LogP contribution in [-0.2, 0) is 4.74 Å². The SMILES string of the molecule is CCC(OC(=O)c1ccccc1NC(=O)c1ccccc1)C(=O)c1ccccc1. The number of Topliss-reactive ketones (excluding diaryl/α,β-unsaturated/α-hetero) is 1. The van der Waals surface area contributed by atoms with Crippen molar-refractivity contribution in [2.45, 2.75) is 19.4 Å². The van der Waals surface area contributed by atoms with Crippen LogP contribution in [0.5, 0.6) is 0 Å². The van der Waals surface area contributed by atoms with Gasteiger partial charge in [0.15, 0.2) is 6.10 Å². The summed E-state index contributed by atoms with van der Waals surface area (Å²) < 4.78 is 5.49. The molecule has 1 amide bonds. The van der Waals surface area contributed by atoms with Gasteiger partial charge in [0.25, 0.3) is 5.91 Å². The van der Waals surface area contributed by atoms with Gasteiger partial charge in [0.05, 0.1) is 11.3 Å². The number of para-hydroxylation sites is 1. The van der Waals surface area contributed by atoms with Gasteiger partial charge in [-0.1, -0.05) is 67.6 Å². The zero-order valence-electron chi connectivity index (χ0n) is 16.0. The Hall–Kier alpha value is -3.73. The first-order valence-electron chi connectivity index (χ1n) is 9.35. The molecule has 146 valence electrons. The highest BCUT2D eigenvalue weighted by molar-refractivity contribution is 6.08. The molecule has 0 aliphatic heterocycles. The molecule has 0 saturated heterocycles. The molecular formula is C24H21NO4. The highest BCUT2D eigenvalue weighted by atomic mass is 16.5. The Morgan fingerprint density at radius 2 is 1.34 bits per heavy atom. The lowest BCUT2D eigenvalue weighted by molar-refractivity contribution is 0.0278. The molecule has 0 spiro atoms. The standard InChI is InChI=1S/C24H21NO4/c1-2-21(22(26)17-11-5-3-6-12-17)29-24(28)19-15-9-10-16-20(19)25-23(27)18-13-7-4-8-14-18/h3-16,21H,2H2,1H3,(H,25,27). The maximum absolute atomic E-state index is 12.8. The molecule has 3 rings (SSSR count). The Kier molecular flexibility index (Phi) is 6.53. The van der Waals surface area contributed by atoms with Gasteiger partial charge in [-0.05, 0) is 30.7 Å². The van der Waals surface area contributed by atoms with E-state index in [0.717, 1.165) is 0 Å². The van der Waals surface area contributed by atoms with Crippen molar-refractivity contribution in [3.8, 4) is 0 Å². The van der Waals surface area contributed by atoms with Crippen LogP contribution < -0.4 is 5.32 Å². The lowest BCUT2D eigenvalue weighted by Gasteiger charge is -2.17. The molecule has 3 aromatic carbocycles. The lowest BCUT2D eigenvalue weighted by atomic mass is 10.0. The molecule has 0 radical (unpaired) electrons. The number of nitrogens with one attached hydrogen (secondary N) is 1. The van der Waals surface area contributed by atoms with Crippen LogP contribution >= 0.6 is 0 Å². The van der Waals surface area contributed by atoms with Gasteiger partial charge in [0, 0.05) is 11.1 Å². The molecule has 0 fully saturated rings. The van der Waals surface area contributed by atoms with Crippen LogP contribution in [0.4, 0.5) is 5.69 Å². The van der Waals surface area contributed by atoms with Gasteiger partial charge in [-0.3, -0.25) is 9.59 Å². The molecule has 1 N–H and O–H groups in total. The first-order valence-corrected chi connectivity index (χ1v) is 9.35. The second-order valence-electron chi connectivity index (χ2n) is 6.40. The van der Waals surface area contributed by atoms with Gasteiger partial charge in [-0.2, -0.15) is 0 Å². The van der Waals surface area contributed by atoms with Crippen molar-refractivity contribution in [3.63, 3.8) is 0 Å². The van der Waals surface area contributed by atoms with Crippen molar-refractivity contribution in [1.82, 2.24) is 0 Å². The molecule has 0 aromatic heterocycles. The van der Waals surface area contributed by atoms with E-state index in [1.807, 2.05) is 12.1 Å². The van der Waals surface area contributed by atoms with Gasteiger partial charge in [-0.25, -0.2) is 4.79 Å². The lowest BCUT2D eigenvalue weighted by Crippen LogP contribution is -2.27. The van der Waals surface area contributed by atoms with Crippen LogP contribution in [0.3, 0.4) is 0 Å². The summed E-state index contributed by atoms with van der Waals surface area (Å²) >= 11 is 0. The molecule has 0 bridgehead atoms. The number of esters is 1. The Labute approximate surface area is 169 Å². The van der Waals surface area contributed by atoms with E-state index in [9.17, 15) is 14.4 Å². The zero-order valence-corrected chi connectivity index (χ0v) is 16.0. The number of hydrogen-bond donors (Lipinski definition) is 1. The smallest absolute Gasteiger partial charge is 0.340 e. The fourth-order valence-corrected chi connectivity index (χ4v) is 2.86. The van der Waals surface area contributed by atoms with Crippen LogP contribution in [0.1, 0.15) is 44.4 Å². The van der Waals surface area contributed by atoms with Gasteiger partial charge >= 0.3 is 5.97 Å². The van der Waals surface area contributed by atoms with E-state index in [0.29, 0.717) is 23.2 Å². The molecular weight excluding hydrogens is 366 g/mol. The highest BCUT2D eigenvalue weighted by Gasteiger charge is 2.24. The summed E-state index contributed by atoms with van der Waals surface area (Å²) in [6.07, 6.45) is -0.555. The van der Waals surface area contributed by atoms with Crippen molar-refractivity contribution in [2.75, 3.05) is 5.32 Å². The number of carbonyl (C=O) groups excluding carboxylic acids is 3. The quantitative estimate of drug-likeness (QED) is 0.469. The van der Waals surface area contributed by atoms with E-state index in [4.69, 9.17) is 4.74 Å². The average Bonchev–Trinajstić information content (AvgIpc) is 2.78. The van der Waals surface area contributed by atoms with E-state index in [1.165, 1.54) is 0 Å². The number of ether oxygens (including phenoxy) is 1. The molecule has 3 aromatic rings. The molecule has 0 aliphatic rings. The summed E-state index contributed by atoms with van der Waals surface area (Å²) in [6, 6.07) is 24.0. The predicted molar refractivity (Wildman–Crippen MR) is 111 cm³/mol. The van der Waals surface area contributed by atoms with Gasteiger partial charge in [0.1, 0.15) is 0 Å². The minimum atomic E-state index is -0.900. The normalized spacial score (nSPS) is 11.3. The Bertz CT molecular complexity index is 1000. The fourth-order valence-electron chi connectivity index (χ4n) is 2.86. The average molecular weight is 387 g/mol. The fraction of sp³-hybridized carbons (Fsp3) is 0.125. The van der Waals surface area contributed by atoms with Crippen molar-refractivity contribution in [3.05, 3.63) is 102 Å².